The van der Waals surface area contributed by atoms with Crippen LogP contribution in [-0.2, 0) is 0 Å². The molecule has 15 heavy (non-hydrogen) atoms. The number of hydrogen-bond donors (Lipinski definition) is 1. The van der Waals surface area contributed by atoms with Crippen molar-refractivity contribution in [1.82, 2.24) is 9.88 Å². The standard InChI is InChI=1S/C13H22N2/c1-10-8-9-11(2)15(10)13-7-5-4-6-12(13)14-3/h8-9,12-14H,4-7H2,1-3H3. The molecule has 1 N–H and O–H groups in total. The molecule has 1 heterocycles. The van der Waals surface area contributed by atoms with Crippen LogP contribution in [0.5, 0.6) is 0 Å². The third kappa shape index (κ3) is 1.96. The van der Waals surface area contributed by atoms with Gasteiger partial charge in [0.25, 0.3) is 0 Å². The van der Waals surface area contributed by atoms with Gasteiger partial charge in [0.05, 0.1) is 0 Å². The lowest BCUT2D eigenvalue weighted by atomic mass is 9.90. The van der Waals surface area contributed by atoms with Crippen molar-refractivity contribution in [3.8, 4) is 0 Å². The maximum atomic E-state index is 3.48. The predicted octanol–water partition coefficient (Wildman–Crippen LogP) is 2.81. The number of hydrogen-bond acceptors (Lipinski definition) is 1. The molecule has 2 nitrogen and oxygen atoms in total. The van der Waals surface area contributed by atoms with Gasteiger partial charge < -0.3 is 9.88 Å². The van der Waals surface area contributed by atoms with Crippen LogP contribution in [0.1, 0.15) is 43.1 Å². The highest BCUT2D eigenvalue weighted by molar-refractivity contribution is 5.16. The smallest absolute Gasteiger partial charge is 0.0488 e. The van der Waals surface area contributed by atoms with Gasteiger partial charge in [-0.25, -0.2) is 0 Å². The fourth-order valence-corrected chi connectivity index (χ4v) is 2.96. The summed E-state index contributed by atoms with van der Waals surface area (Å²) in [6.45, 7) is 4.43. The van der Waals surface area contributed by atoms with Crippen LogP contribution in [0.15, 0.2) is 12.1 Å². The van der Waals surface area contributed by atoms with Gasteiger partial charge >= 0.3 is 0 Å². The fourth-order valence-electron chi connectivity index (χ4n) is 2.96. The Morgan fingerprint density at radius 2 is 1.73 bits per heavy atom. The SMILES string of the molecule is CNC1CCCCC1n1c(C)ccc1C. The Labute approximate surface area is 92.7 Å². The zero-order valence-electron chi connectivity index (χ0n) is 10.1. The number of likely N-dealkylation sites (N-methyl/N-ethyl adjacent to an activating group) is 1. The molecular formula is C13H22N2. The van der Waals surface area contributed by atoms with Crippen LogP contribution in [0.2, 0.25) is 0 Å². The van der Waals surface area contributed by atoms with Crippen LogP contribution in [0.4, 0.5) is 0 Å². The zero-order valence-corrected chi connectivity index (χ0v) is 10.1. The Morgan fingerprint density at radius 3 is 2.33 bits per heavy atom. The second-order valence-corrected chi connectivity index (χ2v) is 4.73. The summed E-state index contributed by atoms with van der Waals surface area (Å²) in [6.07, 6.45) is 5.39. The van der Waals surface area contributed by atoms with E-state index in [-0.39, 0.29) is 0 Å². The molecule has 0 aliphatic heterocycles. The molecule has 1 aromatic heterocycles. The van der Waals surface area contributed by atoms with Gasteiger partial charge in [-0.2, -0.15) is 0 Å². The van der Waals surface area contributed by atoms with Gasteiger partial charge in [0, 0.05) is 23.5 Å². The second kappa shape index (κ2) is 4.40. The van der Waals surface area contributed by atoms with Crippen molar-refractivity contribution in [2.24, 2.45) is 0 Å². The van der Waals surface area contributed by atoms with E-state index < -0.39 is 0 Å². The summed E-state index contributed by atoms with van der Waals surface area (Å²) in [4.78, 5) is 0. The first-order valence-corrected chi connectivity index (χ1v) is 6.05. The van der Waals surface area contributed by atoms with E-state index in [2.05, 4.69) is 42.9 Å². The topological polar surface area (TPSA) is 17.0 Å². The molecule has 1 aliphatic rings. The molecule has 0 spiro atoms. The predicted molar refractivity (Wildman–Crippen MR) is 64.3 cm³/mol. The molecular weight excluding hydrogens is 184 g/mol. The van der Waals surface area contributed by atoms with E-state index in [1.165, 1.54) is 37.1 Å². The molecule has 0 saturated heterocycles. The van der Waals surface area contributed by atoms with Crippen molar-refractivity contribution >= 4 is 0 Å². The van der Waals surface area contributed by atoms with E-state index in [1.807, 2.05) is 0 Å². The fraction of sp³-hybridized carbons (Fsp3) is 0.692. The molecule has 0 aromatic carbocycles. The first-order valence-electron chi connectivity index (χ1n) is 6.05. The van der Waals surface area contributed by atoms with Crippen molar-refractivity contribution in [2.45, 2.75) is 51.6 Å². The van der Waals surface area contributed by atoms with E-state index in [1.54, 1.807) is 0 Å². The highest BCUT2D eigenvalue weighted by Crippen LogP contribution is 2.31. The highest BCUT2D eigenvalue weighted by Gasteiger charge is 2.26. The lowest BCUT2D eigenvalue weighted by molar-refractivity contribution is 0.269. The van der Waals surface area contributed by atoms with Crippen LogP contribution in [0.3, 0.4) is 0 Å². The Kier molecular flexibility index (Phi) is 3.15. The van der Waals surface area contributed by atoms with Crippen molar-refractivity contribution in [3.05, 3.63) is 23.5 Å². The first-order chi connectivity index (χ1) is 7.24. The summed E-state index contributed by atoms with van der Waals surface area (Å²) in [6, 6.07) is 5.79. The van der Waals surface area contributed by atoms with E-state index in [9.17, 15) is 0 Å². The summed E-state index contributed by atoms with van der Waals surface area (Å²) >= 11 is 0. The molecule has 84 valence electrons. The quantitative estimate of drug-likeness (QED) is 0.787. The Bertz CT molecular complexity index is 308. The van der Waals surface area contributed by atoms with Crippen molar-refractivity contribution in [2.75, 3.05) is 7.05 Å². The third-order valence-electron chi connectivity index (χ3n) is 3.76. The maximum Gasteiger partial charge on any atom is 0.0488 e. The monoisotopic (exact) mass is 206 g/mol. The third-order valence-corrected chi connectivity index (χ3v) is 3.76. The second-order valence-electron chi connectivity index (χ2n) is 4.73. The molecule has 2 atom stereocenters. The van der Waals surface area contributed by atoms with E-state index in [4.69, 9.17) is 0 Å². The number of aryl methyl sites for hydroxylation is 2. The zero-order chi connectivity index (χ0) is 10.8. The summed E-state index contributed by atoms with van der Waals surface area (Å²) in [5, 5.41) is 3.48. The van der Waals surface area contributed by atoms with E-state index >= 15 is 0 Å². The summed E-state index contributed by atoms with van der Waals surface area (Å²) in [5.41, 5.74) is 2.80. The van der Waals surface area contributed by atoms with Crippen LogP contribution in [0.25, 0.3) is 0 Å². The van der Waals surface area contributed by atoms with Crippen LogP contribution >= 0.6 is 0 Å². The normalized spacial score (nSPS) is 26.9. The Hall–Kier alpha value is -0.760. The van der Waals surface area contributed by atoms with Gasteiger partial charge in [-0.3, -0.25) is 0 Å². The van der Waals surface area contributed by atoms with E-state index in [0.29, 0.717) is 12.1 Å². The molecule has 1 fully saturated rings. The lowest BCUT2D eigenvalue weighted by Gasteiger charge is -2.34. The number of nitrogens with one attached hydrogen (secondary N) is 1. The molecule has 1 aromatic rings. The summed E-state index contributed by atoms with van der Waals surface area (Å²) in [5.74, 6) is 0. The molecule has 1 saturated carbocycles. The van der Waals surface area contributed by atoms with Crippen LogP contribution < -0.4 is 5.32 Å². The van der Waals surface area contributed by atoms with Crippen molar-refractivity contribution in [3.63, 3.8) is 0 Å². The molecule has 2 rings (SSSR count). The van der Waals surface area contributed by atoms with Gasteiger partial charge in [0.15, 0.2) is 0 Å². The summed E-state index contributed by atoms with van der Waals surface area (Å²) in [7, 11) is 2.09. The lowest BCUT2D eigenvalue weighted by Crippen LogP contribution is -2.38. The Balaban J connectivity index is 2.27. The molecule has 2 unspecified atom stereocenters. The van der Waals surface area contributed by atoms with Crippen molar-refractivity contribution in [1.29, 1.82) is 0 Å². The molecule has 0 radical (unpaired) electrons. The number of rotatable bonds is 2. The number of nitrogens with zero attached hydrogens (tertiary/aromatic N) is 1. The van der Waals surface area contributed by atoms with Crippen molar-refractivity contribution < 1.29 is 0 Å². The average Bonchev–Trinajstić information content (AvgIpc) is 2.59. The van der Waals surface area contributed by atoms with Gasteiger partial charge in [-0.1, -0.05) is 12.8 Å². The molecule has 0 amide bonds. The largest absolute Gasteiger partial charge is 0.345 e. The van der Waals surface area contributed by atoms with Gasteiger partial charge in [-0.15, -0.1) is 0 Å². The van der Waals surface area contributed by atoms with Gasteiger partial charge in [-0.05, 0) is 45.9 Å². The first kappa shape index (κ1) is 10.7. The number of aromatic nitrogens is 1. The maximum absolute atomic E-state index is 3.48. The van der Waals surface area contributed by atoms with E-state index in [0.717, 1.165) is 0 Å². The molecule has 0 bridgehead atoms. The van der Waals surface area contributed by atoms with Crippen LogP contribution in [-0.4, -0.2) is 17.7 Å². The summed E-state index contributed by atoms with van der Waals surface area (Å²) < 4.78 is 2.51. The van der Waals surface area contributed by atoms with Gasteiger partial charge in [0.2, 0.25) is 0 Å². The minimum Gasteiger partial charge on any atom is -0.345 e. The molecule has 2 heteroatoms. The highest BCUT2D eigenvalue weighted by atomic mass is 15.1. The minimum absolute atomic E-state index is 0.656. The van der Waals surface area contributed by atoms with Crippen LogP contribution in [0, 0.1) is 13.8 Å². The molecule has 1 aliphatic carbocycles. The minimum atomic E-state index is 0.656. The average molecular weight is 206 g/mol. The Morgan fingerprint density at radius 1 is 1.13 bits per heavy atom. The van der Waals surface area contributed by atoms with Gasteiger partial charge in [0.1, 0.15) is 0 Å².